The maximum atomic E-state index is 12.5. The molecule has 6 heteroatoms. The van der Waals surface area contributed by atoms with Crippen molar-refractivity contribution in [1.82, 2.24) is 4.72 Å². The highest BCUT2D eigenvalue weighted by Crippen LogP contribution is 2.62. The summed E-state index contributed by atoms with van der Waals surface area (Å²) in [6.07, 6.45) is 9.60. The lowest BCUT2D eigenvalue weighted by Crippen LogP contribution is -2.55. The zero-order chi connectivity index (χ0) is 14.9. The van der Waals surface area contributed by atoms with Crippen molar-refractivity contribution in [2.24, 2.45) is 22.7 Å². The van der Waals surface area contributed by atoms with E-state index in [0.717, 1.165) is 43.9 Å². The number of amidine groups is 1. The van der Waals surface area contributed by atoms with Crippen molar-refractivity contribution in [1.29, 1.82) is 0 Å². The predicted octanol–water partition coefficient (Wildman–Crippen LogP) is 2.18. The average molecular weight is 324 g/mol. The van der Waals surface area contributed by atoms with Gasteiger partial charge in [0.2, 0.25) is 10.0 Å². The molecule has 1 saturated heterocycles. The molecule has 5 nitrogen and oxygen atoms in total. The van der Waals surface area contributed by atoms with E-state index in [2.05, 4.69) is 4.72 Å². The fourth-order valence-electron chi connectivity index (χ4n) is 6.10. The minimum Gasteiger partial charge on any atom is -0.460 e. The molecule has 0 aromatic heterocycles. The van der Waals surface area contributed by atoms with Gasteiger partial charge in [0.25, 0.3) is 6.02 Å². The van der Waals surface area contributed by atoms with Crippen LogP contribution in [0.5, 0.6) is 0 Å². The Bertz CT molecular complexity index is 615. The van der Waals surface area contributed by atoms with E-state index in [9.17, 15) is 8.42 Å². The van der Waals surface area contributed by atoms with Crippen LogP contribution >= 0.6 is 0 Å². The Labute approximate surface area is 132 Å². The van der Waals surface area contributed by atoms with Crippen LogP contribution in [0.15, 0.2) is 4.99 Å². The van der Waals surface area contributed by atoms with Gasteiger partial charge in [-0.2, -0.15) is 0 Å². The van der Waals surface area contributed by atoms with Gasteiger partial charge in [-0.05, 0) is 69.1 Å². The maximum absolute atomic E-state index is 12.5. The summed E-state index contributed by atoms with van der Waals surface area (Å²) in [4.78, 5) is 4.90. The monoisotopic (exact) mass is 324 g/mol. The van der Waals surface area contributed by atoms with Crippen LogP contribution in [0.3, 0.4) is 0 Å². The lowest BCUT2D eigenvalue weighted by Gasteiger charge is -2.37. The first-order chi connectivity index (χ1) is 10.5. The summed E-state index contributed by atoms with van der Waals surface area (Å²) in [5.74, 6) is 2.27. The second-order valence-electron chi connectivity index (χ2n) is 8.19. The molecule has 4 bridgehead atoms. The lowest BCUT2D eigenvalue weighted by atomic mass is 9.81. The summed E-state index contributed by atoms with van der Waals surface area (Å²) >= 11 is 0. The van der Waals surface area contributed by atoms with Gasteiger partial charge in [-0.1, -0.05) is 6.42 Å². The molecular formula is C16H24N2O3S. The molecule has 0 aromatic carbocycles. The zero-order valence-corrected chi connectivity index (χ0v) is 13.6. The number of hydrogen-bond donors (Lipinski definition) is 1. The highest BCUT2D eigenvalue weighted by molar-refractivity contribution is 7.90. The molecule has 5 aliphatic carbocycles. The van der Waals surface area contributed by atoms with Gasteiger partial charge in [-0.25, -0.2) is 18.1 Å². The molecule has 0 amide bonds. The number of nitrogens with zero attached hydrogens (tertiary/aromatic N) is 1. The van der Waals surface area contributed by atoms with Gasteiger partial charge >= 0.3 is 0 Å². The Hall–Kier alpha value is -0.780. The van der Waals surface area contributed by atoms with Gasteiger partial charge in [0.1, 0.15) is 11.4 Å². The Morgan fingerprint density at radius 1 is 1.09 bits per heavy atom. The number of ether oxygens (including phenoxy) is 1. The van der Waals surface area contributed by atoms with Gasteiger partial charge in [0.05, 0.1) is 5.54 Å². The first-order valence-corrected chi connectivity index (χ1v) is 10.4. The summed E-state index contributed by atoms with van der Waals surface area (Å²) < 4.78 is 33.6. The number of rotatable bonds is 1. The fourth-order valence-corrected chi connectivity index (χ4v) is 7.66. The van der Waals surface area contributed by atoms with Crippen LogP contribution in [-0.2, 0) is 14.8 Å². The quantitative estimate of drug-likeness (QED) is 0.804. The molecule has 1 aliphatic heterocycles. The molecule has 6 aliphatic rings. The van der Waals surface area contributed by atoms with Crippen molar-refractivity contribution < 1.29 is 13.2 Å². The van der Waals surface area contributed by atoms with Crippen LogP contribution in [0.1, 0.15) is 57.8 Å². The highest BCUT2D eigenvalue weighted by atomic mass is 32.2. The van der Waals surface area contributed by atoms with Gasteiger partial charge in [0.15, 0.2) is 0 Å². The van der Waals surface area contributed by atoms with Gasteiger partial charge in [-0.15, -0.1) is 0 Å². The highest BCUT2D eigenvalue weighted by Gasteiger charge is 2.58. The molecule has 5 saturated carbocycles. The van der Waals surface area contributed by atoms with E-state index in [1.54, 1.807) is 0 Å². The van der Waals surface area contributed by atoms with Crippen LogP contribution < -0.4 is 4.72 Å². The van der Waals surface area contributed by atoms with Gasteiger partial charge in [-0.3, -0.25) is 0 Å². The van der Waals surface area contributed by atoms with E-state index < -0.39 is 10.0 Å². The fraction of sp³-hybridized carbons (Fsp3) is 0.938. The summed E-state index contributed by atoms with van der Waals surface area (Å²) in [5.41, 5.74) is -0.0209. The molecule has 6 rings (SSSR count). The summed E-state index contributed by atoms with van der Waals surface area (Å²) in [7, 11) is -3.31. The minimum absolute atomic E-state index is 0.0209. The summed E-state index contributed by atoms with van der Waals surface area (Å²) in [5, 5.41) is -0.381. The van der Waals surface area contributed by atoms with E-state index >= 15 is 0 Å². The van der Waals surface area contributed by atoms with Crippen molar-refractivity contribution in [3.63, 3.8) is 0 Å². The third kappa shape index (κ3) is 1.88. The molecule has 22 heavy (non-hydrogen) atoms. The number of nitrogens with one attached hydrogen (secondary N) is 1. The van der Waals surface area contributed by atoms with Gasteiger partial charge < -0.3 is 4.74 Å². The molecule has 6 fully saturated rings. The van der Waals surface area contributed by atoms with Crippen molar-refractivity contribution in [2.75, 3.05) is 0 Å². The lowest BCUT2D eigenvalue weighted by molar-refractivity contribution is 0.128. The molecule has 4 atom stereocenters. The molecule has 0 radical (unpaired) electrons. The second-order valence-corrected chi connectivity index (χ2v) is 10.1. The number of sulfonamides is 1. The van der Waals surface area contributed by atoms with Crippen molar-refractivity contribution in [3.8, 4) is 0 Å². The molecule has 2 unspecified atom stereocenters. The van der Waals surface area contributed by atoms with Crippen molar-refractivity contribution in [3.05, 3.63) is 0 Å². The molecule has 0 spiro atoms. The first-order valence-electron chi connectivity index (χ1n) is 8.82. The normalized spacial score (nSPS) is 53.1. The van der Waals surface area contributed by atoms with Crippen LogP contribution in [0, 0.1) is 17.8 Å². The largest absolute Gasteiger partial charge is 0.460 e. The third-order valence-electron chi connectivity index (χ3n) is 6.80. The van der Waals surface area contributed by atoms with Crippen molar-refractivity contribution in [2.45, 2.75) is 74.7 Å². The number of aliphatic imine (C=N–C) groups is 1. The van der Waals surface area contributed by atoms with Crippen LogP contribution in [0.2, 0.25) is 0 Å². The molecule has 1 N–H and O–H groups in total. The average Bonchev–Trinajstić information content (AvgIpc) is 2.82. The standard InChI is InChI=1S/C16H24N2O3S/c19-22(20)14-4-2-1-3-13(14)21-15(18-22)17-16-8-10-5-11(9-16)7-12(16)6-10/h10-14H,1-9H2,(H,17,18)/t10?,11?,12?,13-,14+,16?/m0/s1. The van der Waals surface area contributed by atoms with E-state index in [1.807, 2.05) is 0 Å². The summed E-state index contributed by atoms with van der Waals surface area (Å²) in [6.45, 7) is 0. The van der Waals surface area contributed by atoms with E-state index in [4.69, 9.17) is 9.73 Å². The Morgan fingerprint density at radius 3 is 2.59 bits per heavy atom. The molecule has 1 heterocycles. The predicted molar refractivity (Wildman–Crippen MR) is 82.9 cm³/mol. The Balaban J connectivity index is 1.46. The third-order valence-corrected chi connectivity index (χ3v) is 8.60. The topological polar surface area (TPSA) is 67.8 Å². The smallest absolute Gasteiger partial charge is 0.299 e. The number of hydrogen-bond acceptors (Lipinski definition) is 4. The van der Waals surface area contributed by atoms with Crippen LogP contribution in [0.4, 0.5) is 0 Å². The van der Waals surface area contributed by atoms with E-state index in [0.29, 0.717) is 18.4 Å². The first kappa shape index (κ1) is 13.6. The second kappa shape index (κ2) is 4.40. The van der Waals surface area contributed by atoms with Gasteiger partial charge in [0, 0.05) is 0 Å². The molecular weight excluding hydrogens is 300 g/mol. The molecule has 0 aromatic rings. The summed E-state index contributed by atoms with van der Waals surface area (Å²) in [6, 6.07) is 0.302. The van der Waals surface area contributed by atoms with Crippen LogP contribution in [0.25, 0.3) is 0 Å². The SMILES string of the molecule is O=S1(=O)NC(=NC23CC4CC(CC2C4)C3)O[C@H]2CCCC[C@H]21. The molecule has 122 valence electrons. The Morgan fingerprint density at radius 2 is 1.82 bits per heavy atom. The van der Waals surface area contributed by atoms with Crippen molar-refractivity contribution >= 4 is 16.0 Å². The number of fused-ring (bicyclic) bond motifs is 1. The zero-order valence-electron chi connectivity index (χ0n) is 12.8. The van der Waals surface area contributed by atoms with E-state index in [-0.39, 0.29) is 16.9 Å². The Kier molecular flexibility index (Phi) is 2.73. The maximum Gasteiger partial charge on any atom is 0.299 e. The van der Waals surface area contributed by atoms with Crippen LogP contribution in [-0.4, -0.2) is 31.3 Å². The van der Waals surface area contributed by atoms with E-state index in [1.165, 1.54) is 19.3 Å². The minimum atomic E-state index is -3.31.